The molecule has 0 aliphatic carbocycles. The number of benzene rings is 1. The fraction of sp³-hybridized carbons (Fsp3) is 0.333. The van der Waals surface area contributed by atoms with Gasteiger partial charge in [-0.15, -0.1) is 0 Å². The molecule has 1 aromatic carbocycles. The van der Waals surface area contributed by atoms with E-state index < -0.39 is 17.8 Å². The first-order valence-electron chi connectivity index (χ1n) is 7.29. The maximum atomic E-state index is 12.5. The van der Waals surface area contributed by atoms with Gasteiger partial charge in [0.05, 0.1) is 30.1 Å². The minimum atomic E-state index is -4.40. The molecule has 128 valence electrons. The van der Waals surface area contributed by atoms with Crippen molar-refractivity contribution in [1.29, 1.82) is 0 Å². The summed E-state index contributed by atoms with van der Waals surface area (Å²) in [5.41, 5.74) is -0.0167. The second kappa shape index (κ2) is 6.52. The van der Waals surface area contributed by atoms with Crippen molar-refractivity contribution in [2.24, 2.45) is 0 Å². The topological polar surface area (TPSA) is 68.2 Å². The molecule has 1 aromatic heterocycles. The lowest BCUT2D eigenvalue weighted by molar-refractivity contribution is -0.137. The smallest absolute Gasteiger partial charge is 0.379 e. The van der Waals surface area contributed by atoms with Crippen LogP contribution in [0, 0.1) is 0 Å². The van der Waals surface area contributed by atoms with Crippen LogP contribution in [0.4, 0.5) is 29.3 Å². The van der Waals surface area contributed by atoms with Crippen molar-refractivity contribution in [3.63, 3.8) is 0 Å². The third-order valence-corrected chi connectivity index (χ3v) is 3.61. The molecule has 0 unspecified atom stereocenters. The van der Waals surface area contributed by atoms with Crippen molar-refractivity contribution < 1.29 is 22.7 Å². The van der Waals surface area contributed by atoms with Crippen LogP contribution >= 0.6 is 0 Å². The Morgan fingerprint density at radius 2 is 1.92 bits per heavy atom. The van der Waals surface area contributed by atoms with E-state index in [1.54, 1.807) is 10.9 Å². The first kappa shape index (κ1) is 16.3. The number of anilines is 2. The highest BCUT2D eigenvalue weighted by Gasteiger charge is 2.30. The summed E-state index contributed by atoms with van der Waals surface area (Å²) in [6, 6.07) is 3.81. The zero-order valence-electron chi connectivity index (χ0n) is 12.5. The Kier molecular flexibility index (Phi) is 4.43. The lowest BCUT2D eigenvalue weighted by atomic mass is 10.2. The monoisotopic (exact) mass is 340 g/mol. The number of nitrogens with zero attached hydrogens (tertiary/aromatic N) is 2. The van der Waals surface area contributed by atoms with Crippen LogP contribution in [0.1, 0.15) is 18.0 Å². The molecule has 0 bridgehead atoms. The van der Waals surface area contributed by atoms with E-state index in [-0.39, 0.29) is 11.7 Å². The Morgan fingerprint density at radius 3 is 2.54 bits per heavy atom. The Bertz CT molecular complexity index is 706. The molecule has 0 saturated carbocycles. The second-order valence-electron chi connectivity index (χ2n) is 5.38. The third-order valence-electron chi connectivity index (χ3n) is 3.61. The summed E-state index contributed by atoms with van der Waals surface area (Å²) in [4.78, 5) is 11.9. The molecule has 9 heteroatoms. The molecule has 2 aromatic rings. The Labute approximate surface area is 135 Å². The van der Waals surface area contributed by atoms with Crippen LogP contribution in [0.25, 0.3) is 0 Å². The molecule has 1 saturated heterocycles. The van der Waals surface area contributed by atoms with Gasteiger partial charge >= 0.3 is 12.2 Å². The van der Waals surface area contributed by atoms with Gasteiger partial charge in [0.2, 0.25) is 0 Å². The van der Waals surface area contributed by atoms with Gasteiger partial charge in [-0.1, -0.05) is 0 Å². The normalized spacial score (nSPS) is 17.7. The molecule has 1 atom stereocenters. The molecule has 0 radical (unpaired) electrons. The summed E-state index contributed by atoms with van der Waals surface area (Å²) in [5, 5.41) is 9.22. The molecule has 2 N–H and O–H groups in total. The SMILES string of the molecule is O=C(Nc1ccc(C(F)(F)F)cc1)Nc1cnn([C@H]2CCOC2)c1. The quantitative estimate of drug-likeness (QED) is 0.898. The van der Waals surface area contributed by atoms with Crippen molar-refractivity contribution in [2.75, 3.05) is 23.8 Å². The number of alkyl halides is 3. The summed E-state index contributed by atoms with van der Waals surface area (Å²) >= 11 is 0. The third kappa shape index (κ3) is 3.85. The number of hydrogen-bond acceptors (Lipinski definition) is 3. The second-order valence-corrected chi connectivity index (χ2v) is 5.38. The highest BCUT2D eigenvalue weighted by molar-refractivity contribution is 5.99. The number of hydrogen-bond donors (Lipinski definition) is 2. The highest BCUT2D eigenvalue weighted by atomic mass is 19.4. The molecular weight excluding hydrogens is 325 g/mol. The van der Waals surface area contributed by atoms with E-state index in [1.807, 2.05) is 0 Å². The van der Waals surface area contributed by atoms with Crippen molar-refractivity contribution in [2.45, 2.75) is 18.6 Å². The molecule has 0 spiro atoms. The minimum absolute atomic E-state index is 0.151. The predicted molar refractivity (Wildman–Crippen MR) is 80.8 cm³/mol. The number of halogens is 3. The number of ether oxygens (including phenoxy) is 1. The standard InChI is InChI=1S/C15H15F3N4O2/c16-15(17,18)10-1-3-11(4-2-10)20-14(23)21-12-7-19-22(8-12)13-5-6-24-9-13/h1-4,7-8,13H,5-6,9H2,(H2,20,21,23)/t13-/m0/s1. The van der Waals surface area contributed by atoms with E-state index in [2.05, 4.69) is 15.7 Å². The van der Waals surface area contributed by atoms with Crippen LogP contribution in [0.15, 0.2) is 36.7 Å². The van der Waals surface area contributed by atoms with Gasteiger partial charge in [-0.3, -0.25) is 4.68 Å². The minimum Gasteiger partial charge on any atom is -0.379 e. The van der Waals surface area contributed by atoms with E-state index >= 15 is 0 Å². The van der Waals surface area contributed by atoms with E-state index in [1.165, 1.54) is 18.3 Å². The van der Waals surface area contributed by atoms with Gasteiger partial charge in [0.15, 0.2) is 0 Å². The van der Waals surface area contributed by atoms with Crippen LogP contribution in [0.2, 0.25) is 0 Å². The molecule has 3 rings (SSSR count). The Morgan fingerprint density at radius 1 is 1.21 bits per heavy atom. The molecule has 1 aliphatic rings. The van der Waals surface area contributed by atoms with Crippen molar-refractivity contribution in [3.8, 4) is 0 Å². The molecule has 1 aliphatic heterocycles. The van der Waals surface area contributed by atoms with E-state index in [0.29, 0.717) is 18.9 Å². The van der Waals surface area contributed by atoms with Crippen LogP contribution in [0.3, 0.4) is 0 Å². The average Bonchev–Trinajstić information content (AvgIpc) is 3.17. The van der Waals surface area contributed by atoms with Gasteiger partial charge in [-0.2, -0.15) is 18.3 Å². The number of carbonyl (C=O) groups is 1. The number of nitrogens with one attached hydrogen (secondary N) is 2. The lowest BCUT2D eigenvalue weighted by Gasteiger charge is -2.09. The van der Waals surface area contributed by atoms with Gasteiger partial charge in [0.25, 0.3) is 0 Å². The summed E-state index contributed by atoms with van der Waals surface area (Å²) in [7, 11) is 0. The fourth-order valence-corrected chi connectivity index (χ4v) is 2.37. The highest BCUT2D eigenvalue weighted by Crippen LogP contribution is 2.29. The lowest BCUT2D eigenvalue weighted by Crippen LogP contribution is -2.19. The van der Waals surface area contributed by atoms with Gasteiger partial charge in [0.1, 0.15) is 0 Å². The van der Waals surface area contributed by atoms with Crippen LogP contribution in [0.5, 0.6) is 0 Å². The number of amides is 2. The fourth-order valence-electron chi connectivity index (χ4n) is 2.37. The maximum Gasteiger partial charge on any atom is 0.416 e. The number of carbonyl (C=O) groups excluding carboxylic acids is 1. The zero-order valence-corrected chi connectivity index (χ0v) is 12.5. The number of rotatable bonds is 3. The van der Waals surface area contributed by atoms with Gasteiger partial charge < -0.3 is 15.4 Å². The molecular formula is C15H15F3N4O2. The molecule has 1 fully saturated rings. The molecule has 24 heavy (non-hydrogen) atoms. The van der Waals surface area contributed by atoms with Crippen molar-refractivity contribution in [3.05, 3.63) is 42.2 Å². The largest absolute Gasteiger partial charge is 0.416 e. The summed E-state index contributed by atoms with van der Waals surface area (Å²) < 4.78 is 44.4. The predicted octanol–water partition coefficient (Wildman–Crippen LogP) is 3.51. The van der Waals surface area contributed by atoms with E-state index in [4.69, 9.17) is 4.74 Å². The molecule has 2 heterocycles. The molecule has 2 amide bonds. The first-order valence-corrected chi connectivity index (χ1v) is 7.29. The zero-order chi connectivity index (χ0) is 17.2. The van der Waals surface area contributed by atoms with Crippen LogP contribution < -0.4 is 10.6 Å². The first-order chi connectivity index (χ1) is 11.4. The van der Waals surface area contributed by atoms with Crippen LogP contribution in [-0.4, -0.2) is 29.0 Å². The number of aromatic nitrogens is 2. The maximum absolute atomic E-state index is 12.5. The van der Waals surface area contributed by atoms with E-state index in [9.17, 15) is 18.0 Å². The summed E-state index contributed by atoms with van der Waals surface area (Å²) in [6.07, 6.45) is -0.353. The van der Waals surface area contributed by atoms with Gasteiger partial charge in [0, 0.05) is 18.5 Å². The molecule has 6 nitrogen and oxygen atoms in total. The summed E-state index contributed by atoms with van der Waals surface area (Å²) in [5.74, 6) is 0. The Balaban J connectivity index is 1.57. The van der Waals surface area contributed by atoms with Gasteiger partial charge in [-0.25, -0.2) is 4.79 Å². The van der Waals surface area contributed by atoms with Crippen LogP contribution in [-0.2, 0) is 10.9 Å². The number of urea groups is 1. The van der Waals surface area contributed by atoms with Gasteiger partial charge in [-0.05, 0) is 30.7 Å². The van der Waals surface area contributed by atoms with E-state index in [0.717, 1.165) is 18.6 Å². The van der Waals surface area contributed by atoms with Crippen molar-refractivity contribution in [1.82, 2.24) is 9.78 Å². The van der Waals surface area contributed by atoms with Crippen molar-refractivity contribution >= 4 is 17.4 Å². The summed E-state index contributed by atoms with van der Waals surface area (Å²) in [6.45, 7) is 1.26. The average molecular weight is 340 g/mol. The Hall–Kier alpha value is -2.55.